The number of carbonyl (C=O) groups is 2. The molecule has 2 aromatic rings. The number of hydrogen-bond donors (Lipinski definition) is 0. The predicted molar refractivity (Wildman–Crippen MR) is 105 cm³/mol. The molecule has 2 heterocycles. The largest absolute Gasteiger partial charge is 0.497 e. The number of nitro groups is 1. The maximum Gasteiger partial charge on any atom is 0.278 e. The zero-order valence-corrected chi connectivity index (χ0v) is 16.3. The summed E-state index contributed by atoms with van der Waals surface area (Å²) in [6, 6.07) is 9.16. The maximum atomic E-state index is 13.2. The maximum absolute atomic E-state index is 13.2. The second-order valence-electron chi connectivity index (χ2n) is 6.79. The second-order valence-corrected chi connectivity index (χ2v) is 6.79. The Kier molecular flexibility index (Phi) is 4.61. The fourth-order valence-electron chi connectivity index (χ4n) is 3.60. The molecule has 30 heavy (non-hydrogen) atoms. The minimum absolute atomic E-state index is 0.112. The summed E-state index contributed by atoms with van der Waals surface area (Å²) in [4.78, 5) is 43.0. The van der Waals surface area contributed by atoms with Gasteiger partial charge in [0.2, 0.25) is 12.0 Å². The van der Waals surface area contributed by atoms with Crippen LogP contribution in [0.5, 0.6) is 11.5 Å². The third-order valence-electron chi connectivity index (χ3n) is 5.14. The molecule has 2 amide bonds. The highest BCUT2D eigenvalue weighted by Gasteiger charge is 2.56. The quantitative estimate of drug-likeness (QED) is 0.420. The zero-order chi connectivity index (χ0) is 21.6. The van der Waals surface area contributed by atoms with Crippen LogP contribution in [0.1, 0.15) is 11.1 Å². The SMILES string of the molecule is COc1ccc(C2=NO[C@@H]3C(=O)N(c4ccc(C)c([N+](=O)[O-])c4)C(=O)[C@@H]23)c(OC)c1. The van der Waals surface area contributed by atoms with E-state index in [2.05, 4.69) is 5.16 Å². The number of fused-ring (bicyclic) bond motifs is 1. The zero-order valence-electron chi connectivity index (χ0n) is 16.3. The van der Waals surface area contributed by atoms with E-state index >= 15 is 0 Å². The molecule has 4 rings (SSSR count). The van der Waals surface area contributed by atoms with E-state index in [0.717, 1.165) is 4.90 Å². The molecular formula is C20H17N3O7. The van der Waals surface area contributed by atoms with Gasteiger partial charge in [-0.25, -0.2) is 4.90 Å². The molecule has 1 saturated heterocycles. The van der Waals surface area contributed by atoms with Crippen LogP contribution in [-0.2, 0) is 14.4 Å². The van der Waals surface area contributed by atoms with Gasteiger partial charge in [-0.05, 0) is 25.1 Å². The molecule has 0 aliphatic carbocycles. The van der Waals surface area contributed by atoms with Crippen molar-refractivity contribution in [3.8, 4) is 11.5 Å². The number of hydrogen-bond acceptors (Lipinski definition) is 8. The number of carbonyl (C=O) groups excluding carboxylic acids is 2. The van der Waals surface area contributed by atoms with Crippen LogP contribution in [0.25, 0.3) is 0 Å². The fourth-order valence-corrected chi connectivity index (χ4v) is 3.60. The number of anilines is 1. The molecule has 10 heteroatoms. The van der Waals surface area contributed by atoms with Crippen LogP contribution in [0.15, 0.2) is 41.6 Å². The van der Waals surface area contributed by atoms with Crippen LogP contribution >= 0.6 is 0 Å². The highest BCUT2D eigenvalue weighted by Crippen LogP contribution is 2.39. The summed E-state index contributed by atoms with van der Waals surface area (Å²) in [6.07, 6.45) is -1.14. The Balaban J connectivity index is 1.72. The van der Waals surface area contributed by atoms with E-state index < -0.39 is 28.8 Å². The third kappa shape index (κ3) is 2.84. The van der Waals surface area contributed by atoms with Gasteiger partial charge in [0, 0.05) is 23.3 Å². The molecule has 2 atom stereocenters. The Labute approximate surface area is 170 Å². The van der Waals surface area contributed by atoms with Crippen molar-refractivity contribution in [3.05, 3.63) is 57.6 Å². The standard InChI is InChI=1S/C20H17N3O7/c1-10-4-5-11(8-14(10)23(26)27)22-19(24)16-17(21-30-18(16)20(22)25)13-7-6-12(28-2)9-15(13)29-3/h4-9,16,18H,1-3H3/t16-,18-/m0/s1. The number of nitrogens with zero attached hydrogens (tertiary/aromatic N) is 3. The van der Waals surface area contributed by atoms with Gasteiger partial charge in [-0.3, -0.25) is 19.7 Å². The molecule has 0 aromatic heterocycles. The summed E-state index contributed by atoms with van der Waals surface area (Å²) in [5, 5.41) is 15.2. The first-order chi connectivity index (χ1) is 14.4. The number of ether oxygens (including phenoxy) is 2. The lowest BCUT2D eigenvalue weighted by Gasteiger charge is -2.16. The molecule has 0 spiro atoms. The lowest BCUT2D eigenvalue weighted by atomic mass is 9.93. The van der Waals surface area contributed by atoms with Gasteiger partial charge in [-0.15, -0.1) is 0 Å². The molecule has 154 valence electrons. The highest BCUT2D eigenvalue weighted by atomic mass is 16.7. The van der Waals surface area contributed by atoms with Crippen LogP contribution in [0, 0.1) is 23.0 Å². The summed E-state index contributed by atoms with van der Waals surface area (Å²) in [6.45, 7) is 1.58. The Morgan fingerprint density at radius 3 is 2.53 bits per heavy atom. The van der Waals surface area contributed by atoms with Crippen LogP contribution in [0.4, 0.5) is 11.4 Å². The molecule has 1 fully saturated rings. The Morgan fingerprint density at radius 1 is 1.10 bits per heavy atom. The van der Waals surface area contributed by atoms with Crippen LogP contribution in [-0.4, -0.2) is 42.8 Å². The average Bonchev–Trinajstić information content (AvgIpc) is 3.28. The fraction of sp³-hybridized carbons (Fsp3) is 0.250. The van der Waals surface area contributed by atoms with Gasteiger partial charge in [0.15, 0.2) is 0 Å². The molecular weight excluding hydrogens is 394 g/mol. The minimum Gasteiger partial charge on any atom is -0.497 e. The van der Waals surface area contributed by atoms with Gasteiger partial charge in [-0.2, -0.15) is 0 Å². The summed E-state index contributed by atoms with van der Waals surface area (Å²) in [5.74, 6) is -1.23. The van der Waals surface area contributed by atoms with E-state index in [1.165, 1.54) is 32.4 Å². The Hall–Kier alpha value is -3.95. The van der Waals surface area contributed by atoms with Crippen molar-refractivity contribution in [2.45, 2.75) is 13.0 Å². The van der Waals surface area contributed by atoms with Crippen molar-refractivity contribution in [1.82, 2.24) is 0 Å². The summed E-state index contributed by atoms with van der Waals surface area (Å²) in [5.41, 5.74) is 1.09. The van der Waals surface area contributed by atoms with E-state index in [4.69, 9.17) is 14.3 Å². The molecule has 10 nitrogen and oxygen atoms in total. The Bertz CT molecular complexity index is 1110. The summed E-state index contributed by atoms with van der Waals surface area (Å²) in [7, 11) is 2.98. The van der Waals surface area contributed by atoms with Crippen LogP contribution in [0.2, 0.25) is 0 Å². The van der Waals surface area contributed by atoms with Crippen molar-refractivity contribution in [3.63, 3.8) is 0 Å². The lowest BCUT2D eigenvalue weighted by molar-refractivity contribution is -0.385. The molecule has 0 radical (unpaired) electrons. The lowest BCUT2D eigenvalue weighted by Crippen LogP contribution is -2.33. The molecule has 0 bridgehead atoms. The number of imide groups is 1. The van der Waals surface area contributed by atoms with Gasteiger partial charge in [0.05, 0.1) is 24.8 Å². The van der Waals surface area contributed by atoms with E-state index in [1.807, 2.05) is 0 Å². The van der Waals surface area contributed by atoms with E-state index in [-0.39, 0.29) is 17.1 Å². The first-order valence-corrected chi connectivity index (χ1v) is 8.96. The monoisotopic (exact) mass is 411 g/mol. The number of amides is 2. The first kappa shape index (κ1) is 19.4. The smallest absolute Gasteiger partial charge is 0.278 e. The number of nitro benzene ring substituents is 1. The van der Waals surface area contributed by atoms with Crippen molar-refractivity contribution < 1.29 is 28.8 Å². The van der Waals surface area contributed by atoms with Crippen molar-refractivity contribution in [1.29, 1.82) is 0 Å². The van der Waals surface area contributed by atoms with Gasteiger partial charge in [0.25, 0.3) is 11.6 Å². The predicted octanol–water partition coefficient (Wildman–Crippen LogP) is 2.21. The second kappa shape index (κ2) is 7.14. The molecule has 0 unspecified atom stereocenters. The molecule has 2 aliphatic heterocycles. The van der Waals surface area contributed by atoms with Crippen molar-refractivity contribution >= 4 is 28.9 Å². The van der Waals surface area contributed by atoms with Gasteiger partial charge >= 0.3 is 0 Å². The normalized spacial score (nSPS) is 20.0. The number of aryl methyl sites for hydroxylation is 1. The number of benzene rings is 2. The van der Waals surface area contributed by atoms with Gasteiger partial charge in [-0.1, -0.05) is 11.2 Å². The average molecular weight is 411 g/mol. The Morgan fingerprint density at radius 2 is 1.87 bits per heavy atom. The third-order valence-corrected chi connectivity index (χ3v) is 5.14. The van der Waals surface area contributed by atoms with Crippen LogP contribution in [0.3, 0.4) is 0 Å². The van der Waals surface area contributed by atoms with E-state index in [9.17, 15) is 19.7 Å². The first-order valence-electron chi connectivity index (χ1n) is 8.96. The summed E-state index contributed by atoms with van der Waals surface area (Å²) >= 11 is 0. The number of methoxy groups -OCH3 is 2. The highest BCUT2D eigenvalue weighted by molar-refractivity contribution is 6.32. The van der Waals surface area contributed by atoms with E-state index in [0.29, 0.717) is 22.6 Å². The summed E-state index contributed by atoms with van der Waals surface area (Å²) < 4.78 is 10.6. The molecule has 0 N–H and O–H groups in total. The van der Waals surface area contributed by atoms with E-state index in [1.54, 1.807) is 25.1 Å². The number of rotatable bonds is 5. The van der Waals surface area contributed by atoms with Crippen molar-refractivity contribution in [2.75, 3.05) is 19.1 Å². The molecule has 2 aromatic carbocycles. The van der Waals surface area contributed by atoms with Crippen molar-refractivity contribution in [2.24, 2.45) is 11.1 Å². The molecule has 0 saturated carbocycles. The van der Waals surface area contributed by atoms with Gasteiger partial charge < -0.3 is 14.3 Å². The minimum atomic E-state index is -1.14. The molecule has 2 aliphatic rings. The van der Waals surface area contributed by atoms with Gasteiger partial charge in [0.1, 0.15) is 23.1 Å². The topological polar surface area (TPSA) is 121 Å². The number of oxime groups is 1. The van der Waals surface area contributed by atoms with Crippen LogP contribution < -0.4 is 14.4 Å².